The number of nitrogens with zero attached hydrogens (tertiary/aromatic N) is 3. The van der Waals surface area contributed by atoms with E-state index in [1.807, 2.05) is 0 Å². The van der Waals surface area contributed by atoms with Crippen LogP contribution in [0.4, 0.5) is 0 Å². The predicted molar refractivity (Wildman–Crippen MR) is 40.9 cm³/mol. The average Bonchev–Trinajstić information content (AvgIpc) is 2.10. The molecule has 6 heteroatoms. The Kier molecular flexibility index (Phi) is 5.42. The Hall–Kier alpha value is -1.52. The first-order valence-electron chi connectivity index (χ1n) is 3.21. The first-order chi connectivity index (χ1) is 5.72. The van der Waals surface area contributed by atoms with Crippen molar-refractivity contribution in [1.29, 1.82) is 0 Å². The van der Waals surface area contributed by atoms with E-state index in [1.165, 1.54) is 6.92 Å². The third kappa shape index (κ3) is 4.32. The molecular weight excluding hydrogens is 162 g/mol. The first-order valence-corrected chi connectivity index (χ1v) is 3.21. The minimum atomic E-state index is -0.601. The topological polar surface area (TPSA) is 95.3 Å². The lowest BCUT2D eigenvalue weighted by Gasteiger charge is -2.00. The van der Waals surface area contributed by atoms with E-state index in [9.17, 15) is 4.79 Å². The van der Waals surface area contributed by atoms with E-state index < -0.39 is 5.97 Å². The molecule has 0 saturated heterocycles. The van der Waals surface area contributed by atoms with E-state index in [4.69, 9.17) is 10.6 Å². The molecule has 0 aliphatic rings. The molecule has 0 aromatic rings. The van der Waals surface area contributed by atoms with E-state index in [2.05, 4.69) is 14.8 Å². The van der Waals surface area contributed by atoms with Crippen LogP contribution >= 0.6 is 0 Å². The van der Waals surface area contributed by atoms with Crippen LogP contribution in [-0.4, -0.2) is 24.3 Å². The minimum absolute atomic E-state index is 0.0553. The van der Waals surface area contributed by atoms with Crippen molar-refractivity contribution >= 4 is 5.97 Å². The van der Waals surface area contributed by atoms with E-state index >= 15 is 0 Å². The van der Waals surface area contributed by atoms with Gasteiger partial charge in [-0.15, -0.1) is 0 Å². The predicted octanol–water partition coefficient (Wildman–Crippen LogP) is 0.736. The Morgan fingerprint density at radius 2 is 2.50 bits per heavy atom. The summed E-state index contributed by atoms with van der Waals surface area (Å²) in [5, 5.41) is 11.4. The van der Waals surface area contributed by atoms with Crippen molar-refractivity contribution in [2.75, 3.05) is 13.2 Å². The molecule has 0 spiro atoms. The van der Waals surface area contributed by atoms with Gasteiger partial charge in [-0.2, -0.15) is 0 Å². The lowest BCUT2D eigenvalue weighted by atomic mass is 10.3. The molecule has 0 unspecified atom stereocenters. The molecule has 0 aromatic heterocycles. The molecule has 0 fully saturated rings. The lowest BCUT2D eigenvalue weighted by molar-refractivity contribution is -0.139. The number of hydrogen-bond acceptors (Lipinski definition) is 4. The van der Waals surface area contributed by atoms with Crippen molar-refractivity contribution in [1.82, 2.24) is 0 Å². The molecule has 0 atom stereocenters. The molecule has 0 heterocycles. The smallest absolute Gasteiger partial charge is 0.333 e. The van der Waals surface area contributed by atoms with Gasteiger partial charge in [0.05, 0.1) is 6.61 Å². The summed E-state index contributed by atoms with van der Waals surface area (Å²) in [7, 11) is 0. The summed E-state index contributed by atoms with van der Waals surface area (Å²) in [6, 6.07) is 0. The number of rotatable bonds is 4. The van der Waals surface area contributed by atoms with Crippen molar-refractivity contribution in [3.05, 3.63) is 22.2 Å². The highest BCUT2D eigenvalue weighted by Gasteiger charge is 2.02. The maximum absolute atomic E-state index is 10.8. The van der Waals surface area contributed by atoms with Crippen molar-refractivity contribution in [3.8, 4) is 0 Å². The van der Waals surface area contributed by atoms with Gasteiger partial charge in [-0.25, -0.2) is 4.79 Å². The van der Waals surface area contributed by atoms with Crippen LogP contribution in [0.25, 0.3) is 10.4 Å². The molecule has 0 amide bonds. The lowest BCUT2D eigenvalue weighted by Crippen LogP contribution is -2.08. The number of aliphatic hydroxyl groups excluding tert-OH is 1. The van der Waals surface area contributed by atoms with Crippen molar-refractivity contribution in [2.24, 2.45) is 5.11 Å². The van der Waals surface area contributed by atoms with Gasteiger partial charge in [0.15, 0.2) is 0 Å². The van der Waals surface area contributed by atoms with Crippen molar-refractivity contribution in [3.63, 3.8) is 0 Å². The largest absolute Gasteiger partial charge is 0.460 e. The van der Waals surface area contributed by atoms with Gasteiger partial charge < -0.3 is 9.84 Å². The van der Waals surface area contributed by atoms with Gasteiger partial charge in [0, 0.05) is 16.7 Å². The van der Waals surface area contributed by atoms with Crippen LogP contribution in [0.3, 0.4) is 0 Å². The van der Waals surface area contributed by atoms with Crippen LogP contribution in [0.15, 0.2) is 16.9 Å². The number of carbonyl (C=O) groups excluding carboxylic acids is 1. The molecule has 0 aliphatic carbocycles. The molecule has 0 saturated carbocycles. The number of esters is 1. The normalized spacial score (nSPS) is 10.3. The summed E-state index contributed by atoms with van der Waals surface area (Å²) in [5.74, 6) is -0.601. The molecule has 12 heavy (non-hydrogen) atoms. The SMILES string of the molecule is CC(=CN=[N+]=[N-])C(=O)OCCO. The van der Waals surface area contributed by atoms with Crippen LogP contribution in [0, 0.1) is 0 Å². The number of azide groups is 1. The third-order valence-electron chi connectivity index (χ3n) is 0.949. The van der Waals surface area contributed by atoms with Gasteiger partial charge in [0.2, 0.25) is 0 Å². The number of ether oxygens (including phenoxy) is 1. The molecule has 1 N–H and O–H groups in total. The Balaban J connectivity index is 4.00. The Morgan fingerprint density at radius 3 is 3.00 bits per heavy atom. The van der Waals surface area contributed by atoms with Gasteiger partial charge in [-0.1, -0.05) is 5.11 Å². The Bertz CT molecular complexity index is 230. The summed E-state index contributed by atoms with van der Waals surface area (Å²) >= 11 is 0. The quantitative estimate of drug-likeness (QED) is 0.222. The van der Waals surface area contributed by atoms with Gasteiger partial charge in [0.25, 0.3) is 0 Å². The molecule has 0 aromatic carbocycles. The van der Waals surface area contributed by atoms with Crippen molar-refractivity contribution < 1.29 is 14.6 Å². The van der Waals surface area contributed by atoms with Gasteiger partial charge in [0.1, 0.15) is 6.61 Å². The zero-order valence-electron chi connectivity index (χ0n) is 6.60. The van der Waals surface area contributed by atoms with Crippen LogP contribution < -0.4 is 0 Å². The molecular formula is C6H9N3O3. The summed E-state index contributed by atoms with van der Waals surface area (Å²) in [6.45, 7) is 1.18. The standard InChI is InChI=1S/C6H9N3O3/c1-5(4-8-9-7)6(11)12-3-2-10/h4,10H,2-3H2,1H3. The van der Waals surface area contributed by atoms with Gasteiger partial charge >= 0.3 is 5.97 Å². The highest BCUT2D eigenvalue weighted by atomic mass is 16.5. The molecule has 0 radical (unpaired) electrons. The van der Waals surface area contributed by atoms with Crippen LogP contribution in [0.2, 0.25) is 0 Å². The minimum Gasteiger partial charge on any atom is -0.460 e. The molecule has 0 rings (SSSR count). The number of carbonyl (C=O) groups is 1. The van der Waals surface area contributed by atoms with E-state index in [0.29, 0.717) is 0 Å². The highest BCUT2D eigenvalue weighted by molar-refractivity contribution is 5.87. The van der Waals surface area contributed by atoms with Gasteiger partial charge in [-0.3, -0.25) is 0 Å². The van der Waals surface area contributed by atoms with Crippen LogP contribution in [0.1, 0.15) is 6.92 Å². The molecule has 66 valence electrons. The Labute approximate surface area is 69.1 Å². The van der Waals surface area contributed by atoms with Gasteiger partial charge in [-0.05, 0) is 12.5 Å². The summed E-state index contributed by atoms with van der Waals surface area (Å²) < 4.78 is 4.51. The van der Waals surface area contributed by atoms with E-state index in [-0.39, 0.29) is 18.8 Å². The second kappa shape index (κ2) is 6.21. The highest BCUT2D eigenvalue weighted by Crippen LogP contribution is 1.96. The van der Waals surface area contributed by atoms with Crippen LogP contribution in [-0.2, 0) is 9.53 Å². The Morgan fingerprint density at radius 1 is 1.83 bits per heavy atom. The maximum atomic E-state index is 10.8. The number of aliphatic hydroxyl groups is 1. The van der Waals surface area contributed by atoms with Crippen molar-refractivity contribution in [2.45, 2.75) is 6.92 Å². The summed E-state index contributed by atoms with van der Waals surface area (Å²) in [6.07, 6.45) is 1.06. The average molecular weight is 171 g/mol. The summed E-state index contributed by atoms with van der Waals surface area (Å²) in [5.41, 5.74) is 8.09. The summed E-state index contributed by atoms with van der Waals surface area (Å²) in [4.78, 5) is 13.3. The fourth-order valence-electron chi connectivity index (χ4n) is 0.417. The van der Waals surface area contributed by atoms with E-state index in [0.717, 1.165) is 6.20 Å². The number of hydrogen-bond donors (Lipinski definition) is 1. The zero-order valence-corrected chi connectivity index (χ0v) is 6.60. The second-order valence-electron chi connectivity index (χ2n) is 1.88. The first kappa shape index (κ1) is 10.5. The zero-order chi connectivity index (χ0) is 9.40. The maximum Gasteiger partial charge on any atom is 0.333 e. The second-order valence-corrected chi connectivity index (χ2v) is 1.88. The third-order valence-corrected chi connectivity index (χ3v) is 0.949. The fourth-order valence-corrected chi connectivity index (χ4v) is 0.417. The molecule has 0 aliphatic heterocycles. The fraction of sp³-hybridized carbons (Fsp3) is 0.500. The molecule has 0 bridgehead atoms. The van der Waals surface area contributed by atoms with Crippen LogP contribution in [0.5, 0.6) is 0 Å². The monoisotopic (exact) mass is 171 g/mol. The molecule has 6 nitrogen and oxygen atoms in total. The van der Waals surface area contributed by atoms with E-state index in [1.54, 1.807) is 0 Å².